The van der Waals surface area contributed by atoms with Crippen LogP contribution >= 0.6 is 11.8 Å². The molecule has 0 bridgehead atoms. The second-order valence-electron chi connectivity index (χ2n) is 4.92. The first-order chi connectivity index (χ1) is 9.63. The van der Waals surface area contributed by atoms with Gasteiger partial charge in [0.1, 0.15) is 0 Å². The standard InChI is InChI=1S/C15H20N2O2S/c1-2-13-12-6-4-3-5-11(12)7-8-17(13)15(19)10-20-9-14(16)18/h3-6,13H,2,7-10H2,1H3,(H2,16,18)/t13-/m0/s1. The van der Waals surface area contributed by atoms with Gasteiger partial charge < -0.3 is 10.6 Å². The van der Waals surface area contributed by atoms with Crippen LogP contribution in [0.5, 0.6) is 0 Å². The number of fused-ring (bicyclic) bond motifs is 1. The minimum Gasteiger partial charge on any atom is -0.369 e. The van der Waals surface area contributed by atoms with Crippen LogP contribution in [0.25, 0.3) is 0 Å². The summed E-state index contributed by atoms with van der Waals surface area (Å²) in [4.78, 5) is 25.0. The van der Waals surface area contributed by atoms with Crippen LogP contribution in [0, 0.1) is 0 Å². The lowest BCUT2D eigenvalue weighted by Gasteiger charge is -2.37. The van der Waals surface area contributed by atoms with E-state index in [0.717, 1.165) is 19.4 Å². The van der Waals surface area contributed by atoms with E-state index in [0.29, 0.717) is 5.75 Å². The number of thioether (sulfide) groups is 1. The third-order valence-corrected chi connectivity index (χ3v) is 4.53. The summed E-state index contributed by atoms with van der Waals surface area (Å²) in [5, 5.41) is 0. The average Bonchev–Trinajstić information content (AvgIpc) is 2.45. The van der Waals surface area contributed by atoms with E-state index in [-0.39, 0.29) is 23.6 Å². The van der Waals surface area contributed by atoms with Crippen LogP contribution in [-0.4, -0.2) is 34.8 Å². The molecular weight excluding hydrogens is 272 g/mol. The first kappa shape index (κ1) is 14.9. The fourth-order valence-electron chi connectivity index (χ4n) is 2.71. The second kappa shape index (κ2) is 6.79. The van der Waals surface area contributed by atoms with Gasteiger partial charge >= 0.3 is 0 Å². The number of nitrogens with zero attached hydrogens (tertiary/aromatic N) is 1. The molecule has 0 saturated carbocycles. The maximum Gasteiger partial charge on any atom is 0.233 e. The largest absolute Gasteiger partial charge is 0.369 e. The number of amides is 2. The minimum absolute atomic E-state index is 0.0950. The molecule has 0 radical (unpaired) electrons. The fraction of sp³-hybridized carbons (Fsp3) is 0.467. The molecule has 108 valence electrons. The minimum atomic E-state index is -0.376. The van der Waals surface area contributed by atoms with Gasteiger partial charge in [-0.25, -0.2) is 0 Å². The summed E-state index contributed by atoms with van der Waals surface area (Å²) < 4.78 is 0. The Morgan fingerprint density at radius 3 is 2.80 bits per heavy atom. The van der Waals surface area contributed by atoms with Crippen molar-refractivity contribution in [3.05, 3.63) is 35.4 Å². The second-order valence-corrected chi connectivity index (χ2v) is 5.90. The maximum absolute atomic E-state index is 12.3. The lowest BCUT2D eigenvalue weighted by atomic mass is 9.91. The molecule has 2 N–H and O–H groups in total. The van der Waals surface area contributed by atoms with Gasteiger partial charge in [0.2, 0.25) is 11.8 Å². The van der Waals surface area contributed by atoms with Crippen LogP contribution in [0.2, 0.25) is 0 Å². The van der Waals surface area contributed by atoms with E-state index in [4.69, 9.17) is 5.73 Å². The number of hydrogen-bond acceptors (Lipinski definition) is 3. The third-order valence-electron chi connectivity index (χ3n) is 3.59. The summed E-state index contributed by atoms with van der Waals surface area (Å²) in [5.74, 6) is 0.241. The molecule has 0 aliphatic carbocycles. The molecule has 0 unspecified atom stereocenters. The van der Waals surface area contributed by atoms with Crippen LogP contribution in [0.4, 0.5) is 0 Å². The highest BCUT2D eigenvalue weighted by Gasteiger charge is 2.28. The Balaban J connectivity index is 2.05. The van der Waals surface area contributed by atoms with Gasteiger partial charge in [-0.15, -0.1) is 11.8 Å². The van der Waals surface area contributed by atoms with Crippen LogP contribution < -0.4 is 5.73 Å². The number of benzene rings is 1. The van der Waals surface area contributed by atoms with E-state index in [2.05, 4.69) is 19.1 Å². The Morgan fingerprint density at radius 1 is 1.35 bits per heavy atom. The van der Waals surface area contributed by atoms with E-state index in [1.165, 1.54) is 22.9 Å². The predicted octanol–water partition coefficient (Wildman–Crippen LogP) is 1.74. The van der Waals surface area contributed by atoms with E-state index in [1.807, 2.05) is 17.0 Å². The van der Waals surface area contributed by atoms with E-state index in [9.17, 15) is 9.59 Å². The third kappa shape index (κ3) is 3.33. The van der Waals surface area contributed by atoms with Crippen molar-refractivity contribution >= 4 is 23.6 Å². The first-order valence-corrected chi connectivity index (χ1v) is 8.02. The topological polar surface area (TPSA) is 63.4 Å². The predicted molar refractivity (Wildman–Crippen MR) is 81.4 cm³/mol. The molecule has 1 aromatic rings. The van der Waals surface area contributed by atoms with Crippen molar-refractivity contribution in [2.75, 3.05) is 18.1 Å². The molecule has 0 fully saturated rings. The number of primary amides is 1. The number of nitrogens with two attached hydrogens (primary N) is 1. The summed E-state index contributed by atoms with van der Waals surface area (Å²) in [6.07, 6.45) is 1.81. The summed E-state index contributed by atoms with van der Waals surface area (Å²) in [7, 11) is 0. The van der Waals surface area contributed by atoms with E-state index >= 15 is 0 Å². The summed E-state index contributed by atoms with van der Waals surface area (Å²) in [6.45, 7) is 2.86. The Bertz CT molecular complexity index is 504. The van der Waals surface area contributed by atoms with Gasteiger partial charge in [-0.1, -0.05) is 31.2 Å². The van der Waals surface area contributed by atoms with Gasteiger partial charge in [0, 0.05) is 6.54 Å². The maximum atomic E-state index is 12.3. The van der Waals surface area contributed by atoms with Crippen LogP contribution in [0.15, 0.2) is 24.3 Å². The van der Waals surface area contributed by atoms with Crippen molar-refractivity contribution in [2.45, 2.75) is 25.8 Å². The molecule has 5 heteroatoms. The lowest BCUT2D eigenvalue weighted by Crippen LogP contribution is -2.41. The van der Waals surface area contributed by atoms with E-state index in [1.54, 1.807) is 0 Å². The molecule has 4 nitrogen and oxygen atoms in total. The van der Waals surface area contributed by atoms with Crippen molar-refractivity contribution in [2.24, 2.45) is 5.73 Å². The van der Waals surface area contributed by atoms with Crippen LogP contribution in [0.3, 0.4) is 0 Å². The molecule has 2 rings (SSSR count). The average molecular weight is 292 g/mol. The van der Waals surface area contributed by atoms with Gasteiger partial charge in [-0.3, -0.25) is 9.59 Å². The molecule has 1 aliphatic heterocycles. The molecule has 1 aliphatic rings. The van der Waals surface area contributed by atoms with Crippen LogP contribution in [-0.2, 0) is 16.0 Å². The molecule has 1 aromatic carbocycles. The molecule has 0 spiro atoms. The van der Waals surface area contributed by atoms with E-state index < -0.39 is 0 Å². The van der Waals surface area contributed by atoms with Crippen molar-refractivity contribution < 1.29 is 9.59 Å². The highest BCUT2D eigenvalue weighted by molar-refractivity contribution is 8.00. The quantitative estimate of drug-likeness (QED) is 0.899. The molecule has 20 heavy (non-hydrogen) atoms. The van der Waals surface area contributed by atoms with Crippen molar-refractivity contribution in [1.29, 1.82) is 0 Å². The molecule has 2 amide bonds. The van der Waals surface area contributed by atoms with Crippen molar-refractivity contribution in [3.63, 3.8) is 0 Å². The molecule has 1 atom stereocenters. The fourth-order valence-corrected chi connectivity index (χ4v) is 3.36. The highest BCUT2D eigenvalue weighted by Crippen LogP contribution is 2.32. The summed E-state index contributed by atoms with van der Waals surface area (Å²) in [5.41, 5.74) is 7.69. The summed E-state index contributed by atoms with van der Waals surface area (Å²) in [6, 6.07) is 8.48. The Morgan fingerprint density at radius 2 is 2.10 bits per heavy atom. The zero-order chi connectivity index (χ0) is 14.5. The number of rotatable bonds is 5. The zero-order valence-corrected chi connectivity index (χ0v) is 12.5. The molecule has 0 aromatic heterocycles. The number of carbonyl (C=O) groups excluding carboxylic acids is 2. The van der Waals surface area contributed by atoms with Gasteiger partial charge in [-0.2, -0.15) is 0 Å². The summed E-state index contributed by atoms with van der Waals surface area (Å²) >= 11 is 1.29. The van der Waals surface area contributed by atoms with Gasteiger partial charge in [-0.05, 0) is 24.0 Å². The highest BCUT2D eigenvalue weighted by atomic mass is 32.2. The van der Waals surface area contributed by atoms with Crippen LogP contribution in [0.1, 0.15) is 30.5 Å². The van der Waals surface area contributed by atoms with Gasteiger partial charge in [0.05, 0.1) is 17.5 Å². The van der Waals surface area contributed by atoms with Crippen molar-refractivity contribution in [1.82, 2.24) is 4.90 Å². The Labute approximate surface area is 123 Å². The molecular formula is C15H20N2O2S. The normalized spacial score (nSPS) is 17.6. The molecule has 1 heterocycles. The Hall–Kier alpha value is -1.49. The molecule has 0 saturated heterocycles. The van der Waals surface area contributed by atoms with Gasteiger partial charge in [0.15, 0.2) is 0 Å². The number of carbonyl (C=O) groups is 2. The monoisotopic (exact) mass is 292 g/mol. The van der Waals surface area contributed by atoms with Crippen molar-refractivity contribution in [3.8, 4) is 0 Å². The Kier molecular flexibility index (Phi) is 5.06. The lowest BCUT2D eigenvalue weighted by molar-refractivity contribution is -0.131. The number of hydrogen-bond donors (Lipinski definition) is 1. The SMILES string of the molecule is CC[C@H]1c2ccccc2CCN1C(=O)CSCC(N)=O. The first-order valence-electron chi connectivity index (χ1n) is 6.86. The zero-order valence-electron chi connectivity index (χ0n) is 11.7. The smallest absolute Gasteiger partial charge is 0.233 e. The van der Waals surface area contributed by atoms with Gasteiger partial charge in [0.25, 0.3) is 0 Å².